The standard InChI is InChI=1S/C6H4BrCl.H3O4P/c7-5-1-3-6(8)4-2-5;1-5(2,3)4/h1-4H;(H3,1,2,3,4). The van der Waals surface area contributed by atoms with Crippen LogP contribution in [0.3, 0.4) is 0 Å². The molecule has 0 heterocycles. The van der Waals surface area contributed by atoms with Crippen LogP contribution in [0.4, 0.5) is 0 Å². The van der Waals surface area contributed by atoms with Crippen molar-refractivity contribution in [3.8, 4) is 0 Å². The van der Waals surface area contributed by atoms with Crippen LogP contribution in [0.5, 0.6) is 0 Å². The van der Waals surface area contributed by atoms with Crippen molar-refractivity contribution in [2.24, 2.45) is 0 Å². The van der Waals surface area contributed by atoms with Gasteiger partial charge in [-0.1, -0.05) is 27.5 Å². The van der Waals surface area contributed by atoms with Crippen molar-refractivity contribution in [3.63, 3.8) is 0 Å². The van der Waals surface area contributed by atoms with Crippen LogP contribution in [0.1, 0.15) is 0 Å². The van der Waals surface area contributed by atoms with Crippen molar-refractivity contribution in [1.29, 1.82) is 0 Å². The van der Waals surface area contributed by atoms with E-state index in [0.29, 0.717) is 0 Å². The Bertz CT molecular complexity index is 267. The van der Waals surface area contributed by atoms with E-state index in [9.17, 15) is 0 Å². The molecule has 0 saturated heterocycles. The van der Waals surface area contributed by atoms with E-state index in [0.717, 1.165) is 9.50 Å². The zero-order chi connectivity index (χ0) is 10.5. The van der Waals surface area contributed by atoms with Gasteiger partial charge in [0.05, 0.1) is 0 Å². The number of hydrogen-bond donors (Lipinski definition) is 3. The quantitative estimate of drug-likeness (QED) is 0.640. The topological polar surface area (TPSA) is 77.8 Å². The number of halogens is 2. The summed E-state index contributed by atoms with van der Waals surface area (Å²) in [5.41, 5.74) is 0. The lowest BCUT2D eigenvalue weighted by atomic mass is 10.4. The summed E-state index contributed by atoms with van der Waals surface area (Å²) in [5, 5.41) is 0.771. The van der Waals surface area contributed by atoms with Gasteiger partial charge >= 0.3 is 7.82 Å². The van der Waals surface area contributed by atoms with Gasteiger partial charge in [-0.25, -0.2) is 4.57 Å². The first-order valence-electron chi connectivity index (χ1n) is 2.98. The molecule has 1 aromatic carbocycles. The van der Waals surface area contributed by atoms with Crippen molar-refractivity contribution in [2.45, 2.75) is 0 Å². The Morgan fingerprint density at radius 3 is 1.69 bits per heavy atom. The molecule has 0 atom stereocenters. The SMILES string of the molecule is Clc1ccc(Br)cc1.O=P(O)(O)O. The average molecular weight is 289 g/mol. The second kappa shape index (κ2) is 5.75. The van der Waals surface area contributed by atoms with Crippen molar-refractivity contribution in [3.05, 3.63) is 33.8 Å². The maximum Gasteiger partial charge on any atom is 0.466 e. The van der Waals surface area contributed by atoms with E-state index < -0.39 is 7.82 Å². The van der Waals surface area contributed by atoms with Crippen LogP contribution in [-0.2, 0) is 4.57 Å². The lowest BCUT2D eigenvalue weighted by Crippen LogP contribution is -1.66. The highest BCUT2D eigenvalue weighted by Gasteiger charge is 2.00. The van der Waals surface area contributed by atoms with Crippen molar-refractivity contribution < 1.29 is 19.2 Å². The Kier molecular flexibility index (Phi) is 5.80. The highest BCUT2D eigenvalue weighted by Crippen LogP contribution is 2.25. The maximum atomic E-state index is 8.88. The smallest absolute Gasteiger partial charge is 0.303 e. The highest BCUT2D eigenvalue weighted by atomic mass is 79.9. The Labute approximate surface area is 88.5 Å². The molecule has 1 rings (SSSR count). The monoisotopic (exact) mass is 288 g/mol. The van der Waals surface area contributed by atoms with Gasteiger partial charge in [-0.2, -0.15) is 0 Å². The van der Waals surface area contributed by atoms with Gasteiger partial charge in [0.1, 0.15) is 0 Å². The lowest BCUT2D eigenvalue weighted by molar-refractivity contribution is 0.275. The number of phosphoric acid groups is 1. The van der Waals surface area contributed by atoms with E-state index in [4.69, 9.17) is 30.8 Å². The normalized spacial score (nSPS) is 10.2. The molecule has 3 N–H and O–H groups in total. The first kappa shape index (κ1) is 13.1. The molecule has 0 aliphatic rings. The molecule has 0 aliphatic heterocycles. The van der Waals surface area contributed by atoms with Gasteiger partial charge in [-0.3, -0.25) is 0 Å². The number of rotatable bonds is 0. The van der Waals surface area contributed by atoms with Crippen LogP contribution in [-0.4, -0.2) is 14.7 Å². The summed E-state index contributed by atoms with van der Waals surface area (Å²) in [7, 11) is -4.64. The van der Waals surface area contributed by atoms with Crippen LogP contribution in [0.15, 0.2) is 28.7 Å². The molecule has 0 fully saturated rings. The Balaban J connectivity index is 0.000000252. The van der Waals surface area contributed by atoms with Gasteiger partial charge in [-0.15, -0.1) is 0 Å². The van der Waals surface area contributed by atoms with Crippen molar-refractivity contribution >= 4 is 35.4 Å². The molecule has 0 amide bonds. The van der Waals surface area contributed by atoms with Crippen LogP contribution in [0.2, 0.25) is 5.02 Å². The summed E-state index contributed by atoms with van der Waals surface area (Å²) in [6, 6.07) is 7.49. The fourth-order valence-corrected chi connectivity index (χ4v) is 0.820. The van der Waals surface area contributed by atoms with Crippen molar-refractivity contribution in [1.82, 2.24) is 0 Å². The predicted octanol–water partition coefficient (Wildman–Crippen LogP) is 2.17. The number of benzene rings is 1. The molecule has 13 heavy (non-hydrogen) atoms. The molecular formula is C6H7BrClO4P. The van der Waals surface area contributed by atoms with Crippen molar-refractivity contribution in [2.75, 3.05) is 0 Å². The summed E-state index contributed by atoms with van der Waals surface area (Å²) in [5.74, 6) is 0. The minimum absolute atomic E-state index is 0.771. The summed E-state index contributed by atoms with van der Waals surface area (Å²) in [4.78, 5) is 21.6. The second-order valence-electron chi connectivity index (χ2n) is 1.95. The van der Waals surface area contributed by atoms with E-state index in [1.807, 2.05) is 24.3 Å². The molecule has 0 saturated carbocycles. The fraction of sp³-hybridized carbons (Fsp3) is 0. The van der Waals surface area contributed by atoms with Gasteiger partial charge in [0.25, 0.3) is 0 Å². The first-order chi connectivity index (χ1) is 5.79. The van der Waals surface area contributed by atoms with Crippen LogP contribution in [0.25, 0.3) is 0 Å². The largest absolute Gasteiger partial charge is 0.466 e. The molecular weight excluding hydrogens is 282 g/mol. The molecule has 0 aliphatic carbocycles. The van der Waals surface area contributed by atoms with E-state index in [1.165, 1.54) is 0 Å². The summed E-state index contributed by atoms with van der Waals surface area (Å²) < 4.78 is 9.94. The molecule has 0 spiro atoms. The first-order valence-corrected chi connectivity index (χ1v) is 5.72. The van der Waals surface area contributed by atoms with E-state index in [-0.39, 0.29) is 0 Å². The van der Waals surface area contributed by atoms with E-state index in [1.54, 1.807) is 0 Å². The summed E-state index contributed by atoms with van der Waals surface area (Å²) in [6.07, 6.45) is 0. The third kappa shape index (κ3) is 12.1. The maximum absolute atomic E-state index is 8.88. The highest BCUT2D eigenvalue weighted by molar-refractivity contribution is 9.10. The predicted molar refractivity (Wildman–Crippen MR) is 53.4 cm³/mol. The zero-order valence-corrected chi connectivity index (χ0v) is 9.50. The molecule has 1 aromatic rings. The zero-order valence-electron chi connectivity index (χ0n) is 6.26. The second-order valence-corrected chi connectivity index (χ2v) is 4.33. The third-order valence-electron chi connectivity index (χ3n) is 0.804. The minimum atomic E-state index is -4.64. The molecule has 7 heteroatoms. The van der Waals surface area contributed by atoms with Gasteiger partial charge in [0.2, 0.25) is 0 Å². The Morgan fingerprint density at radius 1 is 1.15 bits per heavy atom. The van der Waals surface area contributed by atoms with Gasteiger partial charge in [-0.05, 0) is 24.3 Å². The minimum Gasteiger partial charge on any atom is -0.303 e. The average Bonchev–Trinajstić information content (AvgIpc) is 1.92. The third-order valence-corrected chi connectivity index (χ3v) is 1.58. The van der Waals surface area contributed by atoms with Gasteiger partial charge in [0.15, 0.2) is 0 Å². The van der Waals surface area contributed by atoms with E-state index >= 15 is 0 Å². The molecule has 0 aromatic heterocycles. The fourth-order valence-electron chi connectivity index (χ4n) is 0.430. The summed E-state index contributed by atoms with van der Waals surface area (Å²) in [6.45, 7) is 0. The molecule has 74 valence electrons. The van der Waals surface area contributed by atoms with Crippen LogP contribution >= 0.6 is 35.4 Å². The summed E-state index contributed by atoms with van der Waals surface area (Å²) >= 11 is 8.88. The Hall–Kier alpha value is 0.1000. The van der Waals surface area contributed by atoms with Crippen LogP contribution in [0, 0.1) is 0 Å². The van der Waals surface area contributed by atoms with E-state index in [2.05, 4.69) is 15.9 Å². The molecule has 0 unspecified atom stereocenters. The molecule has 0 radical (unpaired) electrons. The van der Waals surface area contributed by atoms with Gasteiger partial charge < -0.3 is 14.7 Å². The molecule has 4 nitrogen and oxygen atoms in total. The van der Waals surface area contributed by atoms with Crippen LogP contribution < -0.4 is 0 Å². The van der Waals surface area contributed by atoms with Gasteiger partial charge in [0, 0.05) is 9.50 Å². The number of hydrogen-bond acceptors (Lipinski definition) is 1. The Morgan fingerprint density at radius 2 is 1.46 bits per heavy atom. The molecule has 0 bridgehead atoms. The lowest BCUT2D eigenvalue weighted by Gasteiger charge is -1.86.